The summed E-state index contributed by atoms with van der Waals surface area (Å²) in [5.41, 5.74) is 8.82. The van der Waals surface area contributed by atoms with Crippen molar-refractivity contribution in [2.24, 2.45) is 11.7 Å². The average molecular weight is 381 g/mol. The molecule has 7 heteroatoms. The highest BCUT2D eigenvalue weighted by Crippen LogP contribution is 2.31. The third-order valence-corrected chi connectivity index (χ3v) is 5.51. The van der Waals surface area contributed by atoms with Crippen molar-refractivity contribution in [1.82, 2.24) is 19.7 Å². The molecule has 0 bridgehead atoms. The van der Waals surface area contributed by atoms with Crippen molar-refractivity contribution in [3.05, 3.63) is 35.4 Å². The van der Waals surface area contributed by atoms with Gasteiger partial charge < -0.3 is 15.1 Å². The molecule has 0 aromatic carbocycles. The monoisotopic (exact) mass is 381 g/mol. The number of nitrogens with two attached hydrogens (primary N) is 1. The van der Waals surface area contributed by atoms with Gasteiger partial charge in [0.05, 0.1) is 22.8 Å². The lowest BCUT2D eigenvalue weighted by atomic mass is 10.1. The lowest BCUT2D eigenvalue weighted by Gasteiger charge is -2.17. The molecule has 0 radical (unpaired) electrons. The van der Waals surface area contributed by atoms with E-state index in [0.717, 1.165) is 46.8 Å². The van der Waals surface area contributed by atoms with Crippen LogP contribution in [0.1, 0.15) is 48.2 Å². The summed E-state index contributed by atoms with van der Waals surface area (Å²) in [6.45, 7) is 10.0. The molecule has 0 saturated carbocycles. The van der Waals surface area contributed by atoms with E-state index >= 15 is 0 Å². The minimum absolute atomic E-state index is 0.0192. The van der Waals surface area contributed by atoms with Crippen molar-refractivity contribution in [3.8, 4) is 11.3 Å². The van der Waals surface area contributed by atoms with Crippen LogP contribution in [-0.2, 0) is 0 Å². The van der Waals surface area contributed by atoms with E-state index in [9.17, 15) is 4.79 Å². The normalized spacial score (nSPS) is 17.2. The fourth-order valence-electron chi connectivity index (χ4n) is 3.98. The Morgan fingerprint density at radius 1 is 1.36 bits per heavy atom. The van der Waals surface area contributed by atoms with Crippen LogP contribution >= 0.6 is 0 Å². The summed E-state index contributed by atoms with van der Waals surface area (Å²) in [6.07, 6.45) is 2.71. The quantitative estimate of drug-likeness (QED) is 0.749. The molecule has 0 aliphatic carbocycles. The number of rotatable bonds is 4. The van der Waals surface area contributed by atoms with Crippen molar-refractivity contribution in [2.45, 2.75) is 40.2 Å². The maximum Gasteiger partial charge on any atom is 0.254 e. The standard InChI is InChI=1S/C21H27N5O2/c1-12(2)26-20-18(10-23-26)17(21(27)25-6-5-15(9-22)11-25)8-19(24-20)16-7-13(3)28-14(16)4/h7-8,10,12,15H,5-6,9,11,22H2,1-4H3. The van der Waals surface area contributed by atoms with E-state index in [1.165, 1.54) is 0 Å². The fraction of sp³-hybridized carbons (Fsp3) is 0.476. The largest absolute Gasteiger partial charge is 0.466 e. The van der Waals surface area contributed by atoms with E-state index < -0.39 is 0 Å². The van der Waals surface area contributed by atoms with Gasteiger partial charge in [-0.2, -0.15) is 5.10 Å². The molecule has 2 N–H and O–H groups in total. The van der Waals surface area contributed by atoms with Crippen LogP contribution < -0.4 is 5.73 Å². The number of aryl methyl sites for hydroxylation is 2. The summed E-state index contributed by atoms with van der Waals surface area (Å²) < 4.78 is 7.56. The summed E-state index contributed by atoms with van der Waals surface area (Å²) in [5, 5.41) is 5.29. The summed E-state index contributed by atoms with van der Waals surface area (Å²) in [7, 11) is 0. The van der Waals surface area contributed by atoms with Crippen LogP contribution in [0.2, 0.25) is 0 Å². The van der Waals surface area contributed by atoms with Crippen LogP contribution in [0.3, 0.4) is 0 Å². The maximum absolute atomic E-state index is 13.4. The Balaban J connectivity index is 1.87. The number of hydrogen-bond acceptors (Lipinski definition) is 5. The SMILES string of the molecule is Cc1cc(-c2cc(C(=O)N3CCC(CN)C3)c3cnn(C(C)C)c3n2)c(C)o1. The number of fused-ring (bicyclic) bond motifs is 1. The zero-order valence-corrected chi connectivity index (χ0v) is 16.9. The van der Waals surface area contributed by atoms with Crippen LogP contribution in [-0.4, -0.2) is 45.2 Å². The van der Waals surface area contributed by atoms with Gasteiger partial charge in [-0.15, -0.1) is 0 Å². The molecule has 1 saturated heterocycles. The van der Waals surface area contributed by atoms with E-state index in [1.807, 2.05) is 35.6 Å². The van der Waals surface area contributed by atoms with Gasteiger partial charge in [-0.1, -0.05) is 0 Å². The number of hydrogen-bond donors (Lipinski definition) is 1. The Hall–Kier alpha value is -2.67. The van der Waals surface area contributed by atoms with Gasteiger partial charge in [0.2, 0.25) is 0 Å². The first-order valence-electron chi connectivity index (χ1n) is 9.84. The molecule has 1 unspecified atom stereocenters. The van der Waals surface area contributed by atoms with Crippen LogP contribution in [0.4, 0.5) is 0 Å². The maximum atomic E-state index is 13.4. The Labute approximate surface area is 164 Å². The predicted molar refractivity (Wildman–Crippen MR) is 108 cm³/mol. The lowest BCUT2D eigenvalue weighted by molar-refractivity contribution is 0.0789. The molecule has 0 spiro atoms. The number of aromatic nitrogens is 3. The molecule has 1 aliphatic heterocycles. The van der Waals surface area contributed by atoms with E-state index in [1.54, 1.807) is 6.20 Å². The molecule has 1 amide bonds. The topological polar surface area (TPSA) is 90.2 Å². The number of carbonyl (C=O) groups excluding carboxylic acids is 1. The molecule has 3 aromatic rings. The third-order valence-electron chi connectivity index (χ3n) is 5.51. The van der Waals surface area contributed by atoms with Crippen molar-refractivity contribution in [3.63, 3.8) is 0 Å². The number of carbonyl (C=O) groups is 1. The zero-order valence-electron chi connectivity index (χ0n) is 16.9. The van der Waals surface area contributed by atoms with Gasteiger partial charge in [-0.05, 0) is 58.7 Å². The Morgan fingerprint density at radius 3 is 2.75 bits per heavy atom. The lowest BCUT2D eigenvalue weighted by Crippen LogP contribution is -2.30. The van der Waals surface area contributed by atoms with Crippen LogP contribution in [0, 0.1) is 19.8 Å². The van der Waals surface area contributed by atoms with Gasteiger partial charge in [0.15, 0.2) is 5.65 Å². The van der Waals surface area contributed by atoms with Crippen molar-refractivity contribution in [1.29, 1.82) is 0 Å². The second kappa shape index (κ2) is 7.05. The molecule has 28 heavy (non-hydrogen) atoms. The Bertz CT molecular complexity index is 1030. The van der Waals surface area contributed by atoms with E-state index in [0.29, 0.717) is 24.6 Å². The summed E-state index contributed by atoms with van der Waals surface area (Å²) >= 11 is 0. The van der Waals surface area contributed by atoms with Crippen LogP contribution in [0.5, 0.6) is 0 Å². The van der Waals surface area contributed by atoms with Gasteiger partial charge >= 0.3 is 0 Å². The second-order valence-corrected chi connectivity index (χ2v) is 7.94. The fourth-order valence-corrected chi connectivity index (χ4v) is 3.98. The first-order valence-corrected chi connectivity index (χ1v) is 9.84. The Kier molecular flexibility index (Phi) is 4.71. The summed E-state index contributed by atoms with van der Waals surface area (Å²) in [4.78, 5) is 20.1. The molecule has 4 heterocycles. The van der Waals surface area contributed by atoms with Gasteiger partial charge in [-0.25, -0.2) is 9.67 Å². The van der Waals surface area contributed by atoms with E-state index in [4.69, 9.17) is 15.1 Å². The van der Waals surface area contributed by atoms with Gasteiger partial charge in [0.1, 0.15) is 11.5 Å². The van der Waals surface area contributed by atoms with Gasteiger partial charge in [0.25, 0.3) is 5.91 Å². The highest BCUT2D eigenvalue weighted by molar-refractivity contribution is 6.06. The van der Waals surface area contributed by atoms with Gasteiger partial charge in [-0.3, -0.25) is 4.79 Å². The highest BCUT2D eigenvalue weighted by atomic mass is 16.3. The zero-order chi connectivity index (χ0) is 20.0. The molecular formula is C21H27N5O2. The predicted octanol–water partition coefficient (Wildman–Crippen LogP) is 3.31. The molecular weight excluding hydrogens is 354 g/mol. The molecule has 3 aromatic heterocycles. The minimum atomic E-state index is 0.0192. The molecule has 148 valence electrons. The number of pyridine rings is 1. The number of nitrogens with zero attached hydrogens (tertiary/aromatic N) is 4. The first-order chi connectivity index (χ1) is 13.4. The Morgan fingerprint density at radius 2 is 2.14 bits per heavy atom. The number of furan rings is 1. The number of amides is 1. The van der Waals surface area contributed by atoms with Crippen LogP contribution in [0.25, 0.3) is 22.3 Å². The molecule has 7 nitrogen and oxygen atoms in total. The molecule has 1 fully saturated rings. The minimum Gasteiger partial charge on any atom is -0.466 e. The number of likely N-dealkylation sites (tertiary alicyclic amines) is 1. The second-order valence-electron chi connectivity index (χ2n) is 7.94. The highest BCUT2D eigenvalue weighted by Gasteiger charge is 2.29. The molecule has 1 aliphatic rings. The average Bonchev–Trinajstić information content (AvgIpc) is 3.37. The van der Waals surface area contributed by atoms with Crippen molar-refractivity contribution < 1.29 is 9.21 Å². The smallest absolute Gasteiger partial charge is 0.254 e. The van der Waals surface area contributed by atoms with Gasteiger partial charge in [0, 0.05) is 24.7 Å². The van der Waals surface area contributed by atoms with Crippen molar-refractivity contribution in [2.75, 3.05) is 19.6 Å². The summed E-state index contributed by atoms with van der Waals surface area (Å²) in [6, 6.07) is 3.99. The summed E-state index contributed by atoms with van der Waals surface area (Å²) in [5.74, 6) is 2.01. The van der Waals surface area contributed by atoms with Crippen molar-refractivity contribution >= 4 is 16.9 Å². The molecule has 4 rings (SSSR count). The molecule has 1 atom stereocenters. The third kappa shape index (κ3) is 3.09. The first kappa shape index (κ1) is 18.7. The van der Waals surface area contributed by atoms with Crippen LogP contribution in [0.15, 0.2) is 22.7 Å². The van der Waals surface area contributed by atoms with E-state index in [2.05, 4.69) is 18.9 Å². The van der Waals surface area contributed by atoms with E-state index in [-0.39, 0.29) is 11.9 Å².